The second kappa shape index (κ2) is 6.41. The number of aromatic nitrogens is 3. The quantitative estimate of drug-likeness (QED) is 0.670. The van der Waals surface area contributed by atoms with Crippen LogP contribution in [0.5, 0.6) is 0 Å². The summed E-state index contributed by atoms with van der Waals surface area (Å²) in [7, 11) is 0. The molecule has 0 amide bonds. The van der Waals surface area contributed by atoms with Crippen molar-refractivity contribution in [3.63, 3.8) is 0 Å². The second-order valence-corrected chi connectivity index (χ2v) is 6.30. The highest BCUT2D eigenvalue weighted by molar-refractivity contribution is 5.93. The van der Waals surface area contributed by atoms with Crippen molar-refractivity contribution in [3.05, 3.63) is 54.2 Å². The van der Waals surface area contributed by atoms with Crippen molar-refractivity contribution in [1.82, 2.24) is 14.5 Å². The maximum absolute atomic E-state index is 12.7. The molecule has 3 rings (SSSR count). The fourth-order valence-corrected chi connectivity index (χ4v) is 3.05. The van der Waals surface area contributed by atoms with Gasteiger partial charge in [-0.05, 0) is 37.8 Å². The molecule has 0 spiro atoms. The van der Waals surface area contributed by atoms with Gasteiger partial charge in [0.25, 0.3) is 0 Å². The van der Waals surface area contributed by atoms with Gasteiger partial charge in [-0.2, -0.15) is 0 Å². The second-order valence-electron chi connectivity index (χ2n) is 6.30. The van der Waals surface area contributed by atoms with E-state index in [0.29, 0.717) is 12.2 Å². The summed E-state index contributed by atoms with van der Waals surface area (Å²) in [6.07, 6.45) is 4.98. The molecule has 0 aliphatic heterocycles. The summed E-state index contributed by atoms with van der Waals surface area (Å²) in [4.78, 5) is 20.4. The number of Topliss-reactive ketones (excluding diaryl/α,β-unsaturated/α-hetero) is 1. The highest BCUT2D eigenvalue weighted by Gasteiger charge is 2.21. The Morgan fingerprint density at radius 3 is 2.78 bits per heavy atom. The van der Waals surface area contributed by atoms with E-state index in [1.807, 2.05) is 22.9 Å². The molecule has 0 fully saturated rings. The lowest BCUT2D eigenvalue weighted by Gasteiger charge is -2.14. The minimum atomic E-state index is 0.106. The van der Waals surface area contributed by atoms with Gasteiger partial charge in [-0.1, -0.05) is 25.1 Å². The normalized spacial score (nSPS) is 12.9. The number of ketones is 1. The number of hydrogen-bond acceptors (Lipinski definition) is 2. The predicted octanol–water partition coefficient (Wildman–Crippen LogP) is 4.71. The van der Waals surface area contributed by atoms with E-state index in [9.17, 15) is 4.79 Å². The third-order valence-corrected chi connectivity index (χ3v) is 4.39. The molecule has 120 valence electrons. The van der Waals surface area contributed by atoms with Gasteiger partial charge in [-0.3, -0.25) is 4.79 Å². The first-order valence-corrected chi connectivity index (χ1v) is 8.23. The minimum absolute atomic E-state index is 0.106. The number of fused-ring (bicyclic) bond motifs is 1. The number of rotatable bonds is 6. The Morgan fingerprint density at radius 1 is 1.30 bits per heavy atom. The van der Waals surface area contributed by atoms with Crippen molar-refractivity contribution in [3.8, 4) is 0 Å². The number of nitrogens with one attached hydrogen (secondary N) is 1. The average Bonchev–Trinajstić information content (AvgIpc) is 3.18. The molecule has 0 aliphatic carbocycles. The van der Waals surface area contributed by atoms with Gasteiger partial charge < -0.3 is 9.55 Å². The van der Waals surface area contributed by atoms with Gasteiger partial charge in [0.2, 0.25) is 0 Å². The van der Waals surface area contributed by atoms with E-state index >= 15 is 0 Å². The number of benzene rings is 1. The highest BCUT2D eigenvalue weighted by Crippen LogP contribution is 2.27. The zero-order valence-corrected chi connectivity index (χ0v) is 13.9. The van der Waals surface area contributed by atoms with E-state index < -0.39 is 0 Å². The maximum atomic E-state index is 12.7. The van der Waals surface area contributed by atoms with Crippen molar-refractivity contribution in [2.24, 2.45) is 0 Å². The summed E-state index contributed by atoms with van der Waals surface area (Å²) >= 11 is 0. The van der Waals surface area contributed by atoms with Gasteiger partial charge in [0.1, 0.15) is 0 Å². The molecule has 1 aromatic carbocycles. The van der Waals surface area contributed by atoms with Gasteiger partial charge in [0, 0.05) is 42.0 Å². The van der Waals surface area contributed by atoms with Crippen LogP contribution in [0.25, 0.3) is 10.9 Å². The average molecular weight is 309 g/mol. The smallest absolute Gasteiger partial charge is 0.198 e. The zero-order chi connectivity index (χ0) is 16.4. The van der Waals surface area contributed by atoms with Crippen LogP contribution in [0.15, 0.2) is 42.7 Å². The van der Waals surface area contributed by atoms with E-state index in [1.54, 1.807) is 6.20 Å². The lowest BCUT2D eigenvalue weighted by atomic mass is 9.95. The van der Waals surface area contributed by atoms with Crippen LogP contribution >= 0.6 is 0 Å². The number of H-pyrrole nitrogens is 1. The Kier molecular flexibility index (Phi) is 4.33. The third kappa shape index (κ3) is 3.07. The van der Waals surface area contributed by atoms with Crippen LogP contribution in [0.3, 0.4) is 0 Å². The molecule has 0 bridgehead atoms. The lowest BCUT2D eigenvalue weighted by Crippen LogP contribution is -2.15. The number of carbonyl (C=O) groups excluding carboxylic acids is 1. The zero-order valence-electron chi connectivity index (χ0n) is 13.9. The van der Waals surface area contributed by atoms with E-state index in [4.69, 9.17) is 0 Å². The molecule has 4 heteroatoms. The Morgan fingerprint density at radius 2 is 2.09 bits per heavy atom. The summed E-state index contributed by atoms with van der Waals surface area (Å²) in [5, 5.41) is 1.19. The molecule has 0 saturated carbocycles. The van der Waals surface area contributed by atoms with Crippen LogP contribution in [0, 0.1) is 0 Å². The van der Waals surface area contributed by atoms with Crippen molar-refractivity contribution < 1.29 is 4.79 Å². The number of carbonyl (C=O) groups is 1. The van der Waals surface area contributed by atoms with Gasteiger partial charge >= 0.3 is 0 Å². The number of para-hydroxylation sites is 1. The first-order chi connectivity index (χ1) is 11.1. The first kappa shape index (κ1) is 15.5. The molecule has 0 saturated heterocycles. The Balaban J connectivity index is 1.84. The van der Waals surface area contributed by atoms with E-state index in [0.717, 1.165) is 17.6 Å². The Hall–Kier alpha value is -2.36. The third-order valence-electron chi connectivity index (χ3n) is 4.39. The molecule has 23 heavy (non-hydrogen) atoms. The maximum Gasteiger partial charge on any atom is 0.198 e. The van der Waals surface area contributed by atoms with Crippen LogP contribution < -0.4 is 0 Å². The van der Waals surface area contributed by atoms with Crippen LogP contribution in [0.2, 0.25) is 0 Å². The number of hydrogen-bond donors (Lipinski definition) is 1. The fourth-order valence-electron chi connectivity index (χ4n) is 3.05. The molecular weight excluding hydrogens is 286 g/mol. The SMILES string of the molecule is CC[C@H](CC(=O)c1nccn1C(C)C)c1cc2ccccc2[nH]1. The molecule has 0 aliphatic rings. The summed E-state index contributed by atoms with van der Waals surface area (Å²) in [5.41, 5.74) is 2.25. The summed E-state index contributed by atoms with van der Waals surface area (Å²) in [6.45, 7) is 6.25. The minimum Gasteiger partial charge on any atom is -0.358 e. The van der Waals surface area contributed by atoms with Crippen LogP contribution in [0.4, 0.5) is 0 Å². The molecule has 2 aromatic heterocycles. The van der Waals surface area contributed by atoms with Crippen LogP contribution in [0.1, 0.15) is 61.9 Å². The van der Waals surface area contributed by atoms with Crippen molar-refractivity contribution in [2.75, 3.05) is 0 Å². The van der Waals surface area contributed by atoms with E-state index in [1.165, 1.54) is 5.39 Å². The van der Waals surface area contributed by atoms with Crippen molar-refractivity contribution >= 4 is 16.7 Å². The molecular formula is C19H23N3O. The molecule has 4 nitrogen and oxygen atoms in total. The van der Waals surface area contributed by atoms with Crippen LogP contribution in [-0.2, 0) is 0 Å². The van der Waals surface area contributed by atoms with E-state index in [2.05, 4.69) is 48.9 Å². The largest absolute Gasteiger partial charge is 0.358 e. The van der Waals surface area contributed by atoms with Gasteiger partial charge in [-0.15, -0.1) is 0 Å². The van der Waals surface area contributed by atoms with Crippen molar-refractivity contribution in [2.45, 2.75) is 45.6 Å². The molecule has 0 unspecified atom stereocenters. The highest BCUT2D eigenvalue weighted by atomic mass is 16.1. The first-order valence-electron chi connectivity index (χ1n) is 8.23. The molecule has 1 N–H and O–H groups in total. The Bertz CT molecular complexity index is 780. The summed E-state index contributed by atoms with van der Waals surface area (Å²) < 4.78 is 1.94. The standard InChI is InChI=1S/C19H23N3O/c1-4-14(17-11-15-7-5-6-8-16(15)21-17)12-18(23)19-20-9-10-22(19)13(2)3/h5-11,13-14,21H,4,12H2,1-3H3/t14-/m1/s1. The summed E-state index contributed by atoms with van der Waals surface area (Å²) in [6, 6.07) is 10.6. The Labute approximate surface area is 136 Å². The van der Waals surface area contributed by atoms with Gasteiger partial charge in [-0.25, -0.2) is 4.98 Å². The van der Waals surface area contributed by atoms with Crippen molar-refractivity contribution in [1.29, 1.82) is 0 Å². The van der Waals surface area contributed by atoms with Gasteiger partial charge in [0.05, 0.1) is 0 Å². The number of aromatic amines is 1. The van der Waals surface area contributed by atoms with Crippen LogP contribution in [-0.4, -0.2) is 20.3 Å². The monoisotopic (exact) mass is 309 g/mol. The van der Waals surface area contributed by atoms with E-state index in [-0.39, 0.29) is 17.7 Å². The summed E-state index contributed by atoms with van der Waals surface area (Å²) in [5.74, 6) is 0.857. The lowest BCUT2D eigenvalue weighted by molar-refractivity contribution is 0.0956. The fraction of sp³-hybridized carbons (Fsp3) is 0.368. The molecule has 2 heterocycles. The van der Waals surface area contributed by atoms with Gasteiger partial charge in [0.15, 0.2) is 11.6 Å². The molecule has 3 aromatic rings. The molecule has 1 atom stereocenters. The topological polar surface area (TPSA) is 50.7 Å². The number of imidazole rings is 1. The number of nitrogens with zero attached hydrogens (tertiary/aromatic N) is 2. The molecule has 0 radical (unpaired) electrons. The predicted molar refractivity (Wildman–Crippen MR) is 92.9 cm³/mol.